The number of H-pyrrole nitrogens is 1. The van der Waals surface area contributed by atoms with Gasteiger partial charge < -0.3 is 14.5 Å². The Morgan fingerprint density at radius 1 is 1.19 bits per heavy atom. The molecule has 2 aromatic heterocycles. The Morgan fingerprint density at radius 3 is 2.77 bits per heavy atom. The van der Waals surface area contributed by atoms with Crippen molar-refractivity contribution in [2.45, 2.75) is 24.3 Å². The number of nitrogens with zero attached hydrogens (tertiary/aromatic N) is 2. The molecule has 0 spiro atoms. The first kappa shape index (κ1) is 21.1. The van der Waals surface area contributed by atoms with Crippen LogP contribution in [0.2, 0.25) is 0 Å². The molecule has 0 fully saturated rings. The molecule has 2 heterocycles. The number of hydrogen-bond acceptors (Lipinski definition) is 5. The number of pyridine rings is 1. The summed E-state index contributed by atoms with van der Waals surface area (Å²) in [5.74, 6) is 1.06. The Balaban J connectivity index is 0.00000243. The Morgan fingerprint density at radius 2 is 2.00 bits per heavy atom. The van der Waals surface area contributed by atoms with E-state index in [0.717, 1.165) is 34.5 Å². The van der Waals surface area contributed by atoms with Crippen molar-refractivity contribution in [3.63, 3.8) is 0 Å². The molecule has 0 unspecified atom stereocenters. The predicted molar refractivity (Wildman–Crippen MR) is 103 cm³/mol. The van der Waals surface area contributed by atoms with Crippen LogP contribution in [0.25, 0.3) is 11.0 Å². The summed E-state index contributed by atoms with van der Waals surface area (Å²) in [7, 11) is 0.371. The van der Waals surface area contributed by atoms with Crippen molar-refractivity contribution in [2.75, 3.05) is 20.3 Å². The van der Waals surface area contributed by atoms with Crippen LogP contribution in [0.5, 0.6) is 5.75 Å². The molecule has 1 aromatic carbocycles. The van der Waals surface area contributed by atoms with Crippen LogP contribution < -0.4 is 4.74 Å². The number of hydrogen-bond donors (Lipinski definition) is 1. The average Bonchev–Trinajstić information content (AvgIpc) is 3.06. The normalized spacial score (nSPS) is 11.9. The summed E-state index contributed by atoms with van der Waals surface area (Å²) in [5.41, 5.74) is 3.35. The zero-order chi connectivity index (χ0) is 17.6. The molecular formula is C18H21N3NaO3S. The van der Waals surface area contributed by atoms with E-state index in [0.29, 0.717) is 24.1 Å². The Hall–Kier alpha value is -1.25. The first-order valence-electron chi connectivity index (χ1n) is 8.08. The molecule has 6 nitrogen and oxygen atoms in total. The van der Waals surface area contributed by atoms with Crippen molar-refractivity contribution in [1.29, 1.82) is 0 Å². The van der Waals surface area contributed by atoms with Gasteiger partial charge in [-0.2, -0.15) is 0 Å². The number of aromatic nitrogens is 3. The third kappa shape index (κ3) is 5.14. The van der Waals surface area contributed by atoms with Crippen molar-refractivity contribution >= 4 is 51.4 Å². The van der Waals surface area contributed by atoms with Crippen molar-refractivity contribution < 1.29 is 13.7 Å². The maximum absolute atomic E-state index is 12.7. The standard InChI is InChI=1S/C18H21N3O3S.Na/c1-13-16(19-9-8-17(13)24-11-5-10-23-2)12-25(22)18-20-14-6-3-4-7-15(14)21-18;/h3-4,6-9H,5,10-12H2,1-2H3,(H,20,21);/t25-;/m0./s1. The monoisotopic (exact) mass is 382 g/mol. The van der Waals surface area contributed by atoms with Crippen LogP contribution in [-0.2, 0) is 21.3 Å². The largest absolute Gasteiger partial charge is 0.493 e. The van der Waals surface area contributed by atoms with Crippen LogP contribution in [0, 0.1) is 6.92 Å². The van der Waals surface area contributed by atoms with Gasteiger partial charge in [-0.05, 0) is 25.1 Å². The van der Waals surface area contributed by atoms with E-state index in [1.807, 2.05) is 37.3 Å². The molecule has 0 bridgehead atoms. The summed E-state index contributed by atoms with van der Waals surface area (Å²) in [5, 5.41) is 0.466. The van der Waals surface area contributed by atoms with Crippen molar-refractivity contribution in [1.82, 2.24) is 15.0 Å². The van der Waals surface area contributed by atoms with Crippen LogP contribution >= 0.6 is 0 Å². The average molecular weight is 382 g/mol. The molecule has 0 aliphatic rings. The molecule has 0 amide bonds. The molecule has 0 aliphatic carbocycles. The quantitative estimate of drug-likeness (QED) is 0.479. The maximum atomic E-state index is 12.7. The number of ether oxygens (including phenoxy) is 2. The van der Waals surface area contributed by atoms with Crippen LogP contribution in [0.4, 0.5) is 0 Å². The molecule has 8 heteroatoms. The van der Waals surface area contributed by atoms with Gasteiger partial charge in [0.05, 0.1) is 39.9 Å². The number of fused-ring (bicyclic) bond motifs is 1. The molecule has 3 aromatic rings. The van der Waals surface area contributed by atoms with Gasteiger partial charge in [-0.1, -0.05) is 12.1 Å². The van der Waals surface area contributed by atoms with Crippen LogP contribution in [0.15, 0.2) is 41.7 Å². The van der Waals surface area contributed by atoms with Crippen LogP contribution in [0.1, 0.15) is 17.7 Å². The van der Waals surface area contributed by atoms with Gasteiger partial charge in [-0.3, -0.25) is 9.19 Å². The molecule has 0 saturated carbocycles. The zero-order valence-corrected chi connectivity index (χ0v) is 18.1. The van der Waals surface area contributed by atoms with E-state index in [1.54, 1.807) is 13.3 Å². The van der Waals surface area contributed by atoms with Crippen molar-refractivity contribution in [2.24, 2.45) is 0 Å². The molecular weight excluding hydrogens is 361 g/mol. The molecule has 1 atom stereocenters. The van der Waals surface area contributed by atoms with E-state index < -0.39 is 10.8 Å². The predicted octanol–water partition coefficient (Wildman–Crippen LogP) is 2.61. The molecule has 3 rings (SSSR count). The molecule has 133 valence electrons. The molecule has 0 saturated heterocycles. The Bertz CT molecular complexity index is 852. The van der Waals surface area contributed by atoms with Gasteiger partial charge in [-0.15, -0.1) is 0 Å². The third-order valence-electron chi connectivity index (χ3n) is 3.86. The Kier molecular flexibility index (Phi) is 8.24. The van der Waals surface area contributed by atoms with E-state index >= 15 is 0 Å². The minimum atomic E-state index is -1.30. The molecule has 26 heavy (non-hydrogen) atoms. The Labute approximate surface area is 177 Å². The first-order valence-corrected chi connectivity index (χ1v) is 9.40. The van der Waals surface area contributed by atoms with E-state index in [1.165, 1.54) is 0 Å². The van der Waals surface area contributed by atoms with Crippen LogP contribution in [-0.4, -0.2) is 69.0 Å². The SMILES string of the molecule is COCCCOc1ccnc(C[S@](=O)c2nc3ccccc3[nH]2)c1C.[Na]. The van der Waals surface area contributed by atoms with E-state index in [-0.39, 0.29) is 29.6 Å². The fourth-order valence-corrected chi connectivity index (χ4v) is 3.58. The summed E-state index contributed by atoms with van der Waals surface area (Å²) < 4.78 is 23.5. The topological polar surface area (TPSA) is 77.1 Å². The summed E-state index contributed by atoms with van der Waals surface area (Å²) >= 11 is 0. The number of imidazole rings is 1. The number of benzene rings is 1. The summed E-state index contributed by atoms with van der Waals surface area (Å²) in [6.45, 7) is 3.17. The third-order valence-corrected chi connectivity index (χ3v) is 5.02. The van der Waals surface area contributed by atoms with Gasteiger partial charge in [-0.25, -0.2) is 4.98 Å². The maximum Gasteiger partial charge on any atom is 0.197 e. The number of aromatic amines is 1. The minimum Gasteiger partial charge on any atom is -0.493 e. The first-order chi connectivity index (χ1) is 12.2. The van der Waals surface area contributed by atoms with Gasteiger partial charge in [0.2, 0.25) is 0 Å². The zero-order valence-electron chi connectivity index (χ0n) is 15.3. The van der Waals surface area contributed by atoms with Crippen molar-refractivity contribution in [3.05, 3.63) is 47.8 Å². The second-order valence-electron chi connectivity index (χ2n) is 5.62. The smallest absolute Gasteiger partial charge is 0.197 e. The number of nitrogens with one attached hydrogen (secondary N) is 1. The summed E-state index contributed by atoms with van der Waals surface area (Å²) in [6, 6.07) is 9.47. The van der Waals surface area contributed by atoms with Crippen molar-refractivity contribution in [3.8, 4) is 5.75 Å². The van der Waals surface area contributed by atoms with Gasteiger partial charge >= 0.3 is 0 Å². The van der Waals surface area contributed by atoms with E-state index in [9.17, 15) is 4.21 Å². The molecule has 1 radical (unpaired) electrons. The summed E-state index contributed by atoms with van der Waals surface area (Å²) in [6.07, 6.45) is 2.50. The fraction of sp³-hybridized carbons (Fsp3) is 0.333. The number of rotatable bonds is 8. The molecule has 0 aliphatic heterocycles. The summed E-state index contributed by atoms with van der Waals surface area (Å²) in [4.78, 5) is 11.9. The van der Waals surface area contributed by atoms with Gasteiger partial charge in [0.15, 0.2) is 5.16 Å². The second kappa shape index (κ2) is 10.2. The number of methoxy groups -OCH3 is 1. The van der Waals surface area contributed by atoms with Crippen LogP contribution in [0.3, 0.4) is 0 Å². The minimum absolute atomic E-state index is 0. The van der Waals surface area contributed by atoms with E-state index in [4.69, 9.17) is 9.47 Å². The van der Waals surface area contributed by atoms with Gasteiger partial charge in [0, 0.05) is 61.5 Å². The van der Waals surface area contributed by atoms with E-state index in [2.05, 4.69) is 15.0 Å². The number of para-hydroxylation sites is 2. The van der Waals surface area contributed by atoms with Gasteiger partial charge in [0.1, 0.15) is 5.75 Å². The van der Waals surface area contributed by atoms with Gasteiger partial charge in [0.25, 0.3) is 0 Å². The second-order valence-corrected chi connectivity index (χ2v) is 6.99. The molecule has 1 N–H and O–H groups in total. The fourth-order valence-electron chi connectivity index (χ4n) is 2.48.